The molecule has 0 saturated carbocycles. The molecule has 0 saturated heterocycles. The van der Waals surface area contributed by atoms with E-state index in [0.29, 0.717) is 11.1 Å². The van der Waals surface area contributed by atoms with E-state index in [-0.39, 0.29) is 22.2 Å². The predicted octanol–water partition coefficient (Wildman–Crippen LogP) is 14.4. The lowest BCUT2D eigenvalue weighted by molar-refractivity contribution is 0.893. The molecule has 5 heteroatoms. The molecule has 0 bridgehead atoms. The number of para-hydroxylation sites is 3. The van der Waals surface area contributed by atoms with Gasteiger partial charge in [0.2, 0.25) is 11.9 Å². The predicted molar refractivity (Wildman–Crippen MR) is 256 cm³/mol. The molecule has 0 unspecified atom stereocenters. The van der Waals surface area contributed by atoms with Gasteiger partial charge in [-0.2, -0.15) is 15.0 Å². The number of fused-ring (bicyclic) bond motifs is 6. The second kappa shape index (κ2) is 14.7. The largest absolute Gasteiger partial charge is 0.278 e. The molecule has 0 aliphatic carbocycles. The summed E-state index contributed by atoms with van der Waals surface area (Å²) < 4.78 is 183. The molecule has 0 fully saturated rings. The van der Waals surface area contributed by atoms with Gasteiger partial charge in [-0.1, -0.05) is 182 Å². The number of benzene rings is 9. The standard InChI is InChI=1S/C57H37N5/c1-4-16-38(17-5-1)41-28-30-42(31-29-41)45-34-44(40-20-8-3-9-21-40)35-46(36-45)55-58-56(61-51-25-13-10-22-47(51)48-23-11-14-26-52(48)61)60-57(59-55)62-53-27-15-12-24-49(53)50-33-32-43(37-54(50)62)39-18-6-2-7-19-39/h1-37H/i2D,6D,7D,10D,11D,12D,13D,14D,15D,18D,19D,22D,23D,24D,25D,26D,27D,32D,33D,37D. The molecule has 0 aliphatic heterocycles. The van der Waals surface area contributed by atoms with Crippen molar-refractivity contribution >= 4 is 43.6 Å². The van der Waals surface area contributed by atoms with Crippen LogP contribution in [0.25, 0.3) is 111 Å². The Labute approximate surface area is 386 Å². The van der Waals surface area contributed by atoms with Gasteiger partial charge in [0, 0.05) is 27.1 Å². The van der Waals surface area contributed by atoms with E-state index in [1.165, 1.54) is 0 Å². The van der Waals surface area contributed by atoms with E-state index in [1.54, 1.807) is 12.1 Å². The monoisotopic (exact) mass is 811 g/mol. The third-order valence-electron chi connectivity index (χ3n) is 10.6. The molecule has 0 spiro atoms. The molecule has 62 heavy (non-hydrogen) atoms. The SMILES string of the molecule is [2H]c1c([2H])c([2H])c(-c2c([2H])c([2H])c3c4c([2H])c([2H])c([2H])c([2H])c4n(-c4nc(-c5cc(-c6ccccc6)cc(-c6ccc(-c7ccccc7)cc6)c5)nc(-n5c6c([2H])c([2H])c([2H])c([2H])c6c6c([2H])c([2H])c([2H])c([2H])c65)n4)c3c2[2H])c([2H])c1[2H]. The van der Waals surface area contributed by atoms with Crippen molar-refractivity contribution in [3.8, 4) is 67.8 Å². The van der Waals surface area contributed by atoms with Crippen LogP contribution in [0.1, 0.15) is 27.4 Å². The number of rotatable bonds is 7. The molecule has 0 amide bonds. The molecule has 3 aromatic heterocycles. The molecule has 290 valence electrons. The Morgan fingerprint density at radius 1 is 0.306 bits per heavy atom. The summed E-state index contributed by atoms with van der Waals surface area (Å²) in [6.45, 7) is 0. The first-order chi connectivity index (χ1) is 39.0. The maximum Gasteiger partial charge on any atom is 0.240 e. The van der Waals surface area contributed by atoms with E-state index in [1.807, 2.05) is 91.0 Å². The molecule has 0 N–H and O–H groups in total. The minimum absolute atomic E-state index is 0.237. The van der Waals surface area contributed by atoms with Gasteiger partial charge in [-0.3, -0.25) is 9.13 Å². The summed E-state index contributed by atoms with van der Waals surface area (Å²) in [5.74, 6) is -1.41. The highest BCUT2D eigenvalue weighted by molar-refractivity contribution is 6.11. The van der Waals surface area contributed by atoms with Gasteiger partial charge in [-0.05, 0) is 86.9 Å². The molecule has 12 aromatic rings. The van der Waals surface area contributed by atoms with Crippen LogP contribution in [0.15, 0.2) is 224 Å². The maximum atomic E-state index is 9.99. The molecule has 0 radical (unpaired) electrons. The Kier molecular flexibility index (Phi) is 4.91. The fourth-order valence-electron chi connectivity index (χ4n) is 7.72. The van der Waals surface area contributed by atoms with E-state index in [0.717, 1.165) is 31.4 Å². The van der Waals surface area contributed by atoms with Gasteiger partial charge in [0.05, 0.1) is 49.5 Å². The van der Waals surface area contributed by atoms with Crippen molar-refractivity contribution in [3.05, 3.63) is 224 Å². The molecule has 0 aliphatic rings. The van der Waals surface area contributed by atoms with Crippen molar-refractivity contribution in [2.75, 3.05) is 0 Å². The van der Waals surface area contributed by atoms with Crippen molar-refractivity contribution in [3.63, 3.8) is 0 Å². The van der Waals surface area contributed by atoms with Crippen molar-refractivity contribution in [1.82, 2.24) is 24.1 Å². The number of nitrogens with zero attached hydrogens (tertiary/aromatic N) is 5. The maximum absolute atomic E-state index is 9.99. The number of hydrogen-bond donors (Lipinski definition) is 0. The van der Waals surface area contributed by atoms with Crippen LogP contribution >= 0.6 is 0 Å². The van der Waals surface area contributed by atoms with Crippen LogP contribution in [0.4, 0.5) is 0 Å². The van der Waals surface area contributed by atoms with Gasteiger partial charge in [-0.25, -0.2) is 0 Å². The van der Waals surface area contributed by atoms with E-state index in [4.69, 9.17) is 32.8 Å². The first kappa shape index (κ1) is 20.7. The molecular weight excluding hydrogens is 755 g/mol. The highest BCUT2D eigenvalue weighted by Gasteiger charge is 2.21. The molecule has 12 rings (SSSR count). The highest BCUT2D eigenvalue weighted by Crippen LogP contribution is 2.38. The Hall–Kier alpha value is -8.41. The van der Waals surface area contributed by atoms with Gasteiger partial charge in [-0.15, -0.1) is 0 Å². The second-order valence-corrected chi connectivity index (χ2v) is 14.2. The van der Waals surface area contributed by atoms with Gasteiger partial charge in [0.1, 0.15) is 0 Å². The van der Waals surface area contributed by atoms with Crippen molar-refractivity contribution < 1.29 is 27.4 Å². The molecule has 5 nitrogen and oxygen atoms in total. The Bertz CT molecular complexity index is 4690. The Morgan fingerprint density at radius 3 is 1.27 bits per heavy atom. The summed E-state index contributed by atoms with van der Waals surface area (Å²) in [5.41, 5.74) is 1.86. The third-order valence-corrected chi connectivity index (χ3v) is 10.6. The summed E-state index contributed by atoms with van der Waals surface area (Å²) >= 11 is 0. The van der Waals surface area contributed by atoms with Crippen LogP contribution in [0, 0.1) is 0 Å². The lowest BCUT2D eigenvalue weighted by Crippen LogP contribution is -2.10. The average molecular weight is 812 g/mol. The summed E-state index contributed by atoms with van der Waals surface area (Å²) in [4.78, 5) is 14.9. The molecule has 9 aromatic carbocycles. The normalized spacial score (nSPS) is 16.1. The zero-order valence-corrected chi connectivity index (χ0v) is 32.1. The minimum atomic E-state index is -0.826. The molecule has 3 heterocycles. The van der Waals surface area contributed by atoms with Crippen LogP contribution < -0.4 is 0 Å². The lowest BCUT2D eigenvalue weighted by atomic mass is 9.94. The summed E-state index contributed by atoms with van der Waals surface area (Å²) in [6, 6.07) is 17.0. The summed E-state index contributed by atoms with van der Waals surface area (Å²) in [7, 11) is 0. The van der Waals surface area contributed by atoms with Crippen LogP contribution in [0.2, 0.25) is 0 Å². The first-order valence-electron chi connectivity index (χ1n) is 29.3. The van der Waals surface area contributed by atoms with Gasteiger partial charge < -0.3 is 0 Å². The highest BCUT2D eigenvalue weighted by atomic mass is 15.3. The Morgan fingerprint density at radius 2 is 0.726 bits per heavy atom. The van der Waals surface area contributed by atoms with Crippen LogP contribution in [-0.4, -0.2) is 24.1 Å². The second-order valence-electron chi connectivity index (χ2n) is 14.2. The fraction of sp³-hybridized carbons (Fsp3) is 0. The topological polar surface area (TPSA) is 48.5 Å². The summed E-state index contributed by atoms with van der Waals surface area (Å²) in [5, 5.41) is -1.46. The quantitative estimate of drug-likeness (QED) is 0.161. The van der Waals surface area contributed by atoms with E-state index in [2.05, 4.69) is 0 Å². The van der Waals surface area contributed by atoms with Crippen molar-refractivity contribution in [2.24, 2.45) is 0 Å². The van der Waals surface area contributed by atoms with Crippen LogP contribution in [0.5, 0.6) is 0 Å². The molecule has 0 atom stereocenters. The summed E-state index contributed by atoms with van der Waals surface area (Å²) in [6.07, 6.45) is 0. The van der Waals surface area contributed by atoms with Gasteiger partial charge in [0.15, 0.2) is 5.82 Å². The van der Waals surface area contributed by atoms with Crippen molar-refractivity contribution in [2.45, 2.75) is 0 Å². The van der Waals surface area contributed by atoms with E-state index < -0.39 is 177 Å². The lowest BCUT2D eigenvalue weighted by Gasteiger charge is -2.15. The number of aromatic nitrogens is 5. The fourth-order valence-corrected chi connectivity index (χ4v) is 7.72. The smallest absolute Gasteiger partial charge is 0.240 e. The average Bonchev–Trinajstić information content (AvgIpc) is 2.22. The molecular formula is C57H37N5. The van der Waals surface area contributed by atoms with Gasteiger partial charge in [0.25, 0.3) is 0 Å². The van der Waals surface area contributed by atoms with Crippen LogP contribution in [-0.2, 0) is 0 Å². The third kappa shape index (κ3) is 6.06. The minimum Gasteiger partial charge on any atom is -0.278 e. The zero-order valence-electron chi connectivity index (χ0n) is 52.1. The van der Waals surface area contributed by atoms with E-state index >= 15 is 0 Å². The van der Waals surface area contributed by atoms with Gasteiger partial charge >= 0.3 is 0 Å². The zero-order chi connectivity index (χ0) is 58.4. The first-order valence-corrected chi connectivity index (χ1v) is 19.3. The number of hydrogen-bond acceptors (Lipinski definition) is 3. The van der Waals surface area contributed by atoms with Crippen LogP contribution in [0.3, 0.4) is 0 Å². The Balaban J connectivity index is 1.28. The van der Waals surface area contributed by atoms with E-state index in [9.17, 15) is 9.60 Å². The van der Waals surface area contributed by atoms with Crippen molar-refractivity contribution in [1.29, 1.82) is 0 Å².